The van der Waals surface area contributed by atoms with Gasteiger partial charge in [-0.25, -0.2) is 0 Å². The van der Waals surface area contributed by atoms with Crippen LogP contribution in [0.4, 0.5) is 0 Å². The Kier molecular flexibility index (Phi) is 5.97. The van der Waals surface area contributed by atoms with E-state index in [0.717, 1.165) is 25.0 Å². The lowest BCUT2D eigenvalue weighted by Crippen LogP contribution is -2.33. The highest BCUT2D eigenvalue weighted by Gasteiger charge is 2.17. The summed E-state index contributed by atoms with van der Waals surface area (Å²) in [5.74, 6) is 0.808. The van der Waals surface area contributed by atoms with Crippen LogP contribution in [0.2, 0.25) is 0 Å². The number of carbonyl (C=O) groups excluding carboxylic acids is 1. The first-order valence-electron chi connectivity index (χ1n) is 9.68. The van der Waals surface area contributed by atoms with Crippen molar-refractivity contribution in [3.63, 3.8) is 0 Å². The molecule has 3 heteroatoms. The van der Waals surface area contributed by atoms with E-state index in [9.17, 15) is 4.79 Å². The van der Waals surface area contributed by atoms with E-state index in [2.05, 4.69) is 50.4 Å². The minimum Gasteiger partial charge on any atom is -0.483 e. The molecular weight excluding hydrogens is 322 g/mol. The van der Waals surface area contributed by atoms with Crippen LogP contribution >= 0.6 is 0 Å². The maximum Gasteiger partial charge on any atom is 0.258 e. The predicted octanol–water partition coefficient (Wildman–Crippen LogP) is 4.83. The van der Waals surface area contributed by atoms with Crippen molar-refractivity contribution >= 4 is 5.91 Å². The number of aryl methyl sites for hydroxylation is 3. The molecule has 26 heavy (non-hydrogen) atoms. The van der Waals surface area contributed by atoms with Crippen molar-refractivity contribution in [2.75, 3.05) is 6.61 Å². The fourth-order valence-electron chi connectivity index (χ4n) is 3.88. The van der Waals surface area contributed by atoms with Gasteiger partial charge in [-0.15, -0.1) is 0 Å². The zero-order valence-electron chi connectivity index (χ0n) is 16.1. The highest BCUT2D eigenvalue weighted by atomic mass is 16.5. The van der Waals surface area contributed by atoms with E-state index in [4.69, 9.17) is 4.74 Å². The summed E-state index contributed by atoms with van der Waals surface area (Å²) in [5, 5.41) is 3.13. The third-order valence-corrected chi connectivity index (χ3v) is 5.26. The molecule has 0 aromatic heterocycles. The second-order valence-electron chi connectivity index (χ2n) is 7.28. The molecule has 0 heterocycles. The topological polar surface area (TPSA) is 38.3 Å². The first-order valence-corrected chi connectivity index (χ1v) is 9.68. The predicted molar refractivity (Wildman–Crippen MR) is 106 cm³/mol. The number of amides is 1. The maximum atomic E-state index is 12.5. The smallest absolute Gasteiger partial charge is 0.258 e. The van der Waals surface area contributed by atoms with Crippen LogP contribution in [-0.4, -0.2) is 12.5 Å². The number of rotatable bonds is 6. The van der Waals surface area contributed by atoms with Crippen LogP contribution in [-0.2, 0) is 17.6 Å². The second kappa shape index (κ2) is 8.39. The van der Waals surface area contributed by atoms with Gasteiger partial charge in [-0.1, -0.05) is 42.8 Å². The van der Waals surface area contributed by atoms with Crippen LogP contribution in [0, 0.1) is 13.8 Å². The first-order chi connectivity index (χ1) is 12.6. The Morgan fingerprint density at radius 3 is 2.73 bits per heavy atom. The first kappa shape index (κ1) is 18.5. The van der Waals surface area contributed by atoms with Gasteiger partial charge < -0.3 is 10.1 Å². The quantitative estimate of drug-likeness (QED) is 0.809. The Morgan fingerprint density at radius 1 is 1.15 bits per heavy atom. The number of ether oxygens (including phenoxy) is 1. The molecular formula is C23H29NO2. The van der Waals surface area contributed by atoms with Gasteiger partial charge in [0.25, 0.3) is 5.91 Å². The fourth-order valence-corrected chi connectivity index (χ4v) is 3.88. The van der Waals surface area contributed by atoms with E-state index in [-0.39, 0.29) is 18.6 Å². The molecule has 1 atom stereocenters. The van der Waals surface area contributed by atoms with Gasteiger partial charge in [-0.05, 0) is 74.3 Å². The molecule has 0 spiro atoms. The number of hydrogen-bond acceptors (Lipinski definition) is 2. The summed E-state index contributed by atoms with van der Waals surface area (Å²) in [6.45, 7) is 6.35. The summed E-state index contributed by atoms with van der Waals surface area (Å²) in [4.78, 5) is 12.5. The third kappa shape index (κ3) is 4.27. The van der Waals surface area contributed by atoms with Crippen LogP contribution in [0.1, 0.15) is 60.0 Å². The highest BCUT2D eigenvalue weighted by Crippen LogP contribution is 2.29. The lowest BCUT2D eigenvalue weighted by Gasteiger charge is -2.21. The number of carbonyl (C=O) groups is 1. The van der Waals surface area contributed by atoms with Gasteiger partial charge in [0.05, 0.1) is 6.04 Å². The Balaban J connectivity index is 1.63. The summed E-state index contributed by atoms with van der Waals surface area (Å²) in [6, 6.07) is 12.6. The summed E-state index contributed by atoms with van der Waals surface area (Å²) in [5.41, 5.74) is 6.30. The van der Waals surface area contributed by atoms with Crippen molar-refractivity contribution in [3.8, 4) is 5.75 Å². The maximum absolute atomic E-state index is 12.5. The van der Waals surface area contributed by atoms with Gasteiger partial charge in [0, 0.05) is 0 Å². The SMILES string of the molecule is CC[C@H](NC(=O)COc1cccc2c1CCCC2)c1ccc(C)cc1C. The molecule has 138 valence electrons. The van der Waals surface area contributed by atoms with E-state index >= 15 is 0 Å². The summed E-state index contributed by atoms with van der Waals surface area (Å²) < 4.78 is 5.88. The Hall–Kier alpha value is -2.29. The van der Waals surface area contributed by atoms with Crippen molar-refractivity contribution in [2.45, 2.75) is 58.9 Å². The normalized spacial score (nSPS) is 14.4. The zero-order chi connectivity index (χ0) is 18.5. The van der Waals surface area contributed by atoms with Gasteiger partial charge in [0.2, 0.25) is 0 Å². The van der Waals surface area contributed by atoms with Gasteiger partial charge >= 0.3 is 0 Å². The van der Waals surface area contributed by atoms with Crippen LogP contribution in [0.25, 0.3) is 0 Å². The molecule has 3 rings (SSSR count). The standard InChI is InChI=1S/C23H29NO2/c1-4-21(19-13-12-16(2)14-17(19)3)24-23(25)15-26-22-11-7-9-18-8-5-6-10-20(18)22/h7,9,11-14,21H,4-6,8,10,15H2,1-3H3,(H,24,25)/t21-/m0/s1. The lowest BCUT2D eigenvalue weighted by atomic mass is 9.91. The molecule has 0 bridgehead atoms. The molecule has 1 amide bonds. The largest absolute Gasteiger partial charge is 0.483 e. The van der Waals surface area contributed by atoms with Gasteiger partial charge in [-0.3, -0.25) is 4.79 Å². The van der Waals surface area contributed by atoms with Gasteiger partial charge in [-0.2, -0.15) is 0 Å². The molecule has 2 aromatic rings. The molecule has 1 aliphatic carbocycles. The van der Waals surface area contributed by atoms with Crippen LogP contribution in [0.3, 0.4) is 0 Å². The highest BCUT2D eigenvalue weighted by molar-refractivity contribution is 5.78. The summed E-state index contributed by atoms with van der Waals surface area (Å²) in [7, 11) is 0. The molecule has 3 nitrogen and oxygen atoms in total. The van der Waals surface area contributed by atoms with Crippen molar-refractivity contribution in [1.29, 1.82) is 0 Å². The average Bonchev–Trinajstić information content (AvgIpc) is 2.65. The molecule has 0 unspecified atom stereocenters. The van der Waals surface area contributed by atoms with Crippen molar-refractivity contribution < 1.29 is 9.53 Å². The second-order valence-corrected chi connectivity index (χ2v) is 7.28. The molecule has 2 aromatic carbocycles. The Labute approximate surface area is 156 Å². The Morgan fingerprint density at radius 2 is 1.96 bits per heavy atom. The van der Waals surface area contributed by atoms with Crippen LogP contribution in [0.15, 0.2) is 36.4 Å². The molecule has 1 aliphatic rings. The van der Waals surface area contributed by atoms with Crippen LogP contribution < -0.4 is 10.1 Å². The third-order valence-electron chi connectivity index (χ3n) is 5.26. The molecule has 0 saturated heterocycles. The molecule has 1 N–H and O–H groups in total. The van der Waals surface area contributed by atoms with E-state index in [1.807, 2.05) is 12.1 Å². The monoisotopic (exact) mass is 351 g/mol. The lowest BCUT2D eigenvalue weighted by molar-refractivity contribution is -0.123. The van der Waals surface area contributed by atoms with Crippen LogP contribution in [0.5, 0.6) is 5.75 Å². The number of benzene rings is 2. The molecule has 0 aliphatic heterocycles. The number of fused-ring (bicyclic) bond motifs is 1. The number of hydrogen-bond donors (Lipinski definition) is 1. The van der Waals surface area contributed by atoms with E-state index in [0.29, 0.717) is 0 Å². The van der Waals surface area contributed by atoms with Gasteiger partial charge in [0.1, 0.15) is 5.75 Å². The zero-order valence-corrected chi connectivity index (χ0v) is 16.1. The Bertz CT molecular complexity index is 782. The van der Waals surface area contributed by atoms with Gasteiger partial charge in [0.15, 0.2) is 6.61 Å². The molecule has 0 saturated carbocycles. The van der Waals surface area contributed by atoms with E-state index in [1.165, 1.54) is 40.7 Å². The van der Waals surface area contributed by atoms with Crippen molar-refractivity contribution in [2.24, 2.45) is 0 Å². The molecule has 0 radical (unpaired) electrons. The van der Waals surface area contributed by atoms with Crippen molar-refractivity contribution in [3.05, 3.63) is 64.2 Å². The summed E-state index contributed by atoms with van der Waals surface area (Å²) >= 11 is 0. The van der Waals surface area contributed by atoms with Crippen molar-refractivity contribution in [1.82, 2.24) is 5.32 Å². The van der Waals surface area contributed by atoms with E-state index < -0.39 is 0 Å². The summed E-state index contributed by atoms with van der Waals surface area (Å²) in [6.07, 6.45) is 5.46. The average molecular weight is 351 g/mol. The minimum absolute atomic E-state index is 0.0244. The fraction of sp³-hybridized carbons (Fsp3) is 0.435. The minimum atomic E-state index is -0.0646. The van der Waals surface area contributed by atoms with E-state index in [1.54, 1.807) is 0 Å². The molecule has 0 fully saturated rings. The number of nitrogens with one attached hydrogen (secondary N) is 1.